The number of H-pyrrole nitrogens is 1. The molecule has 36 heavy (non-hydrogen) atoms. The van der Waals surface area contributed by atoms with E-state index in [2.05, 4.69) is 78.3 Å². The first-order valence-corrected chi connectivity index (χ1v) is 13.3. The molecule has 188 valence electrons. The van der Waals surface area contributed by atoms with Crippen LogP contribution in [0.4, 0.5) is 16.5 Å². The van der Waals surface area contributed by atoms with E-state index in [0.717, 1.165) is 28.9 Å². The van der Waals surface area contributed by atoms with Crippen molar-refractivity contribution in [3.05, 3.63) is 42.5 Å². The molecule has 0 unspecified atom stereocenters. The van der Waals surface area contributed by atoms with Gasteiger partial charge in [-0.2, -0.15) is 4.98 Å². The molecule has 0 saturated heterocycles. The van der Waals surface area contributed by atoms with Crippen LogP contribution in [0.1, 0.15) is 46.0 Å². The van der Waals surface area contributed by atoms with Gasteiger partial charge >= 0.3 is 6.01 Å². The van der Waals surface area contributed by atoms with Gasteiger partial charge in [0.05, 0.1) is 18.5 Å². The number of rotatable bonds is 9. The zero-order valence-corrected chi connectivity index (χ0v) is 21.8. The Bertz CT molecular complexity index is 1270. The Kier molecular flexibility index (Phi) is 7.41. The number of benzene rings is 2. The van der Waals surface area contributed by atoms with Crippen molar-refractivity contribution in [2.45, 2.75) is 52.0 Å². The quantitative estimate of drug-likeness (QED) is 0.289. The third-order valence-corrected chi connectivity index (χ3v) is 7.17. The van der Waals surface area contributed by atoms with Gasteiger partial charge in [0.1, 0.15) is 0 Å². The molecule has 0 amide bonds. The molecule has 1 fully saturated rings. The molecule has 2 aromatic carbocycles. The minimum Gasteiger partial charge on any atom is -0.466 e. The van der Waals surface area contributed by atoms with Crippen LogP contribution in [-0.2, 0) is 0 Å². The van der Waals surface area contributed by atoms with Crippen LogP contribution in [0.2, 0.25) is 0 Å². The van der Waals surface area contributed by atoms with E-state index < -0.39 is 0 Å². The van der Waals surface area contributed by atoms with E-state index in [9.17, 15) is 0 Å². The van der Waals surface area contributed by atoms with Gasteiger partial charge < -0.3 is 15.0 Å². The summed E-state index contributed by atoms with van der Waals surface area (Å²) in [5.74, 6) is 1.18. The molecule has 0 bridgehead atoms. The van der Waals surface area contributed by atoms with Crippen molar-refractivity contribution in [3.8, 4) is 28.5 Å². The maximum atomic E-state index is 5.22. The van der Waals surface area contributed by atoms with Gasteiger partial charge in [0, 0.05) is 29.7 Å². The lowest BCUT2D eigenvalue weighted by Gasteiger charge is -2.38. The third kappa shape index (κ3) is 5.33. The number of tetrazole rings is 1. The fraction of sp³-hybridized carbons (Fsp3) is 0.423. The van der Waals surface area contributed by atoms with E-state index in [1.54, 1.807) is 7.11 Å². The summed E-state index contributed by atoms with van der Waals surface area (Å²) in [4.78, 5) is 7.08. The highest BCUT2D eigenvalue weighted by Crippen LogP contribution is 2.39. The summed E-state index contributed by atoms with van der Waals surface area (Å²) in [5.41, 5.74) is 5.26. The molecule has 1 saturated carbocycles. The molecule has 9 nitrogen and oxygen atoms in total. The molecule has 5 rings (SSSR count). The smallest absolute Gasteiger partial charge is 0.329 e. The summed E-state index contributed by atoms with van der Waals surface area (Å²) in [5, 5.41) is 18.8. The summed E-state index contributed by atoms with van der Waals surface area (Å²) >= 11 is 1.29. The number of anilines is 3. The van der Waals surface area contributed by atoms with E-state index in [4.69, 9.17) is 4.74 Å². The lowest BCUT2D eigenvalue weighted by molar-refractivity contribution is 0.386. The van der Waals surface area contributed by atoms with Gasteiger partial charge in [-0.15, -0.1) is 9.47 Å². The van der Waals surface area contributed by atoms with Crippen molar-refractivity contribution in [1.29, 1.82) is 0 Å². The summed E-state index contributed by atoms with van der Waals surface area (Å²) in [6, 6.07) is 15.7. The van der Waals surface area contributed by atoms with Gasteiger partial charge in [-0.3, -0.25) is 0 Å². The highest BCUT2D eigenvalue weighted by Gasteiger charge is 2.25. The summed E-state index contributed by atoms with van der Waals surface area (Å²) in [6.07, 6.45) is 6.34. The molecule has 0 aliphatic heterocycles. The number of aromatic nitrogens is 6. The molecular weight excluding hydrogens is 472 g/mol. The molecule has 0 radical (unpaired) electrons. The van der Waals surface area contributed by atoms with E-state index >= 15 is 0 Å². The Morgan fingerprint density at radius 3 is 2.61 bits per heavy atom. The second-order valence-electron chi connectivity index (χ2n) is 9.58. The second-order valence-corrected chi connectivity index (χ2v) is 10.3. The number of nitrogens with one attached hydrogen (secondary N) is 2. The lowest BCUT2D eigenvalue weighted by Crippen LogP contribution is -2.39. The topological polar surface area (TPSA) is 105 Å². The number of nitrogens with zero attached hydrogens (tertiary/aromatic N) is 6. The third-order valence-electron chi connectivity index (χ3n) is 6.55. The molecule has 2 heterocycles. The van der Waals surface area contributed by atoms with Gasteiger partial charge in [-0.25, -0.2) is 5.10 Å². The summed E-state index contributed by atoms with van der Waals surface area (Å²) < 4.78 is 9.50. The van der Waals surface area contributed by atoms with Gasteiger partial charge in [-0.1, -0.05) is 63.4 Å². The Hall–Kier alpha value is -3.53. The normalized spacial score (nSPS) is 14.2. The highest BCUT2D eigenvalue weighted by molar-refractivity contribution is 7.09. The fourth-order valence-corrected chi connectivity index (χ4v) is 5.51. The number of methoxy groups -OCH3 is 1. The van der Waals surface area contributed by atoms with E-state index in [-0.39, 0.29) is 0 Å². The molecular formula is C26H32N8OS. The van der Waals surface area contributed by atoms with Crippen LogP contribution in [0.15, 0.2) is 42.5 Å². The van der Waals surface area contributed by atoms with Crippen molar-refractivity contribution in [2.75, 3.05) is 23.9 Å². The Morgan fingerprint density at radius 1 is 1.11 bits per heavy atom. The maximum absolute atomic E-state index is 5.22. The first kappa shape index (κ1) is 24.2. The van der Waals surface area contributed by atoms with Crippen molar-refractivity contribution in [1.82, 2.24) is 30.0 Å². The van der Waals surface area contributed by atoms with Gasteiger partial charge in [0.15, 0.2) is 5.82 Å². The Labute approximate surface area is 215 Å². The van der Waals surface area contributed by atoms with Crippen LogP contribution in [0, 0.1) is 5.92 Å². The van der Waals surface area contributed by atoms with Crippen molar-refractivity contribution >= 4 is 28.0 Å². The first-order valence-electron chi connectivity index (χ1n) is 12.5. The molecule has 2 aromatic heterocycles. The summed E-state index contributed by atoms with van der Waals surface area (Å²) in [7, 11) is 1.58. The summed E-state index contributed by atoms with van der Waals surface area (Å²) in [6.45, 7) is 5.57. The SMILES string of the molecule is COc1nsc(Nc2cc(-c3ccccc3-c3nnn[nH]3)ccc2N(CC(C)C)C2CCCCC2)n1. The van der Waals surface area contributed by atoms with Crippen molar-refractivity contribution < 1.29 is 4.74 Å². The van der Waals surface area contributed by atoms with Crippen LogP contribution >= 0.6 is 11.5 Å². The van der Waals surface area contributed by atoms with Gasteiger partial charge in [0.25, 0.3) is 0 Å². The fourth-order valence-electron chi connectivity index (χ4n) is 4.96. The second kappa shape index (κ2) is 11.0. The molecule has 1 aliphatic carbocycles. The largest absolute Gasteiger partial charge is 0.466 e. The van der Waals surface area contributed by atoms with Crippen molar-refractivity contribution in [3.63, 3.8) is 0 Å². The van der Waals surface area contributed by atoms with Gasteiger partial charge in [0.2, 0.25) is 5.13 Å². The van der Waals surface area contributed by atoms with E-state index in [1.807, 2.05) is 18.2 Å². The Morgan fingerprint density at radius 2 is 1.92 bits per heavy atom. The molecule has 4 aromatic rings. The minimum atomic E-state index is 0.370. The predicted octanol–water partition coefficient (Wildman–Crippen LogP) is 5.93. The van der Waals surface area contributed by atoms with Crippen LogP contribution < -0.4 is 15.0 Å². The van der Waals surface area contributed by atoms with E-state index in [1.165, 1.54) is 49.3 Å². The lowest BCUT2D eigenvalue weighted by atomic mass is 9.92. The Balaban J connectivity index is 1.59. The van der Waals surface area contributed by atoms with Crippen molar-refractivity contribution in [2.24, 2.45) is 5.92 Å². The van der Waals surface area contributed by atoms with Gasteiger partial charge in [-0.05, 0) is 52.4 Å². The first-order chi connectivity index (χ1) is 17.6. The molecule has 2 N–H and O–H groups in total. The number of aromatic amines is 1. The van der Waals surface area contributed by atoms with E-state index in [0.29, 0.717) is 28.9 Å². The predicted molar refractivity (Wildman–Crippen MR) is 144 cm³/mol. The highest BCUT2D eigenvalue weighted by atomic mass is 32.1. The zero-order valence-electron chi connectivity index (χ0n) is 20.9. The average molecular weight is 505 g/mol. The number of ether oxygens (including phenoxy) is 1. The standard InChI is InChI=1S/C26H32N8OS/c1-17(2)16-34(19-9-5-4-6-10-19)23-14-13-18(15-22(23)27-26-28-25(35-3)31-36-26)20-11-7-8-12-21(20)24-29-32-33-30-24/h7-8,11-15,17,19H,4-6,9-10,16H2,1-3H3,(H,27,28,31)(H,29,30,32,33). The van der Waals surface area contributed by atoms with Crippen LogP contribution in [0.25, 0.3) is 22.5 Å². The van der Waals surface area contributed by atoms with Crippen LogP contribution in [0.3, 0.4) is 0 Å². The molecule has 0 spiro atoms. The average Bonchev–Trinajstić information content (AvgIpc) is 3.60. The van der Waals surface area contributed by atoms with Crippen LogP contribution in [0.5, 0.6) is 6.01 Å². The number of hydrogen-bond acceptors (Lipinski definition) is 9. The maximum Gasteiger partial charge on any atom is 0.329 e. The minimum absolute atomic E-state index is 0.370. The zero-order chi connectivity index (χ0) is 24.9. The molecule has 0 atom stereocenters. The number of hydrogen-bond donors (Lipinski definition) is 2. The van der Waals surface area contributed by atoms with Crippen LogP contribution in [-0.4, -0.2) is 49.7 Å². The monoisotopic (exact) mass is 504 g/mol. The molecule has 1 aliphatic rings. The molecule has 10 heteroatoms.